The Hall–Kier alpha value is -0.900. The lowest BCUT2D eigenvalue weighted by Crippen LogP contribution is -2.40. The van der Waals surface area contributed by atoms with Crippen molar-refractivity contribution in [3.05, 3.63) is 35.4 Å². The molecule has 1 unspecified atom stereocenters. The van der Waals surface area contributed by atoms with Crippen LogP contribution in [0.1, 0.15) is 11.1 Å². The first-order valence-corrected chi connectivity index (χ1v) is 5.45. The second-order valence-corrected chi connectivity index (χ2v) is 3.88. The van der Waals surface area contributed by atoms with Crippen LogP contribution in [-0.4, -0.2) is 25.7 Å². The van der Waals surface area contributed by atoms with Crippen molar-refractivity contribution in [2.75, 3.05) is 19.6 Å². The van der Waals surface area contributed by atoms with Crippen molar-refractivity contribution in [3.63, 3.8) is 0 Å². The Morgan fingerprint density at radius 1 is 1.33 bits per heavy atom. The average Bonchev–Trinajstić information content (AvgIpc) is 2.26. The van der Waals surface area contributed by atoms with Crippen LogP contribution in [0.5, 0.6) is 0 Å². The van der Waals surface area contributed by atoms with Gasteiger partial charge < -0.3 is 16.8 Å². The minimum absolute atomic E-state index is 0.0712. The molecule has 0 amide bonds. The van der Waals surface area contributed by atoms with Gasteiger partial charge in [-0.3, -0.25) is 0 Å². The van der Waals surface area contributed by atoms with Crippen LogP contribution in [0.4, 0.5) is 0 Å². The van der Waals surface area contributed by atoms with E-state index in [1.165, 1.54) is 11.1 Å². The van der Waals surface area contributed by atoms with Gasteiger partial charge in [-0.05, 0) is 31.0 Å². The molecule has 0 saturated heterocycles. The monoisotopic (exact) mass is 207 g/mol. The van der Waals surface area contributed by atoms with Gasteiger partial charge in [-0.15, -0.1) is 0 Å². The van der Waals surface area contributed by atoms with Crippen molar-refractivity contribution in [2.45, 2.75) is 19.4 Å². The van der Waals surface area contributed by atoms with E-state index < -0.39 is 0 Å². The minimum Gasteiger partial charge on any atom is -0.329 e. The molecule has 1 rings (SSSR count). The third-order valence-corrected chi connectivity index (χ3v) is 2.54. The normalized spacial score (nSPS) is 12.7. The van der Waals surface area contributed by atoms with Crippen LogP contribution in [0.25, 0.3) is 0 Å². The molecule has 84 valence electrons. The molecule has 0 aliphatic carbocycles. The van der Waals surface area contributed by atoms with Gasteiger partial charge in [0.25, 0.3) is 0 Å². The van der Waals surface area contributed by atoms with E-state index in [1.807, 2.05) is 0 Å². The Kier molecular flexibility index (Phi) is 5.32. The van der Waals surface area contributed by atoms with Crippen molar-refractivity contribution in [1.29, 1.82) is 0 Å². The third kappa shape index (κ3) is 4.42. The molecular formula is C12H21N3. The first-order chi connectivity index (χ1) is 7.24. The number of hydrogen-bond acceptors (Lipinski definition) is 3. The fourth-order valence-electron chi connectivity index (χ4n) is 1.48. The highest BCUT2D eigenvalue weighted by atomic mass is 14.9. The maximum Gasteiger partial charge on any atom is 0.0290 e. The van der Waals surface area contributed by atoms with Crippen LogP contribution in [0, 0.1) is 6.92 Å². The molecule has 0 radical (unpaired) electrons. The first kappa shape index (κ1) is 12.2. The van der Waals surface area contributed by atoms with Gasteiger partial charge in [0.1, 0.15) is 0 Å². The predicted octanol–water partition coefficient (Wildman–Crippen LogP) is 0.413. The summed E-state index contributed by atoms with van der Waals surface area (Å²) in [5, 5.41) is 3.31. The van der Waals surface area contributed by atoms with Crippen LogP contribution in [0.3, 0.4) is 0 Å². The van der Waals surface area contributed by atoms with Crippen molar-refractivity contribution < 1.29 is 0 Å². The molecule has 3 nitrogen and oxygen atoms in total. The SMILES string of the molecule is Cc1ccccc1CCNCC(N)CN. The first-order valence-electron chi connectivity index (χ1n) is 5.45. The van der Waals surface area contributed by atoms with E-state index in [0.29, 0.717) is 6.54 Å². The number of nitrogens with two attached hydrogens (primary N) is 2. The maximum atomic E-state index is 5.69. The molecule has 15 heavy (non-hydrogen) atoms. The van der Waals surface area contributed by atoms with Gasteiger partial charge in [-0.1, -0.05) is 24.3 Å². The second kappa shape index (κ2) is 6.56. The molecule has 0 heterocycles. The van der Waals surface area contributed by atoms with E-state index in [-0.39, 0.29) is 6.04 Å². The summed E-state index contributed by atoms with van der Waals surface area (Å²) >= 11 is 0. The number of hydrogen-bond donors (Lipinski definition) is 3. The van der Waals surface area contributed by atoms with Gasteiger partial charge in [0.05, 0.1) is 0 Å². The lowest BCUT2D eigenvalue weighted by atomic mass is 10.1. The van der Waals surface area contributed by atoms with E-state index in [2.05, 4.69) is 36.5 Å². The zero-order chi connectivity index (χ0) is 11.1. The Bertz CT molecular complexity index is 286. The Morgan fingerprint density at radius 2 is 2.07 bits per heavy atom. The van der Waals surface area contributed by atoms with Crippen molar-refractivity contribution >= 4 is 0 Å². The van der Waals surface area contributed by atoms with Crippen molar-refractivity contribution in [1.82, 2.24) is 5.32 Å². The van der Waals surface area contributed by atoms with E-state index in [4.69, 9.17) is 11.5 Å². The molecule has 1 aromatic carbocycles. The summed E-state index contributed by atoms with van der Waals surface area (Å²) in [5.74, 6) is 0. The third-order valence-electron chi connectivity index (χ3n) is 2.54. The summed E-state index contributed by atoms with van der Waals surface area (Å²) in [5.41, 5.74) is 13.9. The molecule has 0 aliphatic rings. The Labute approximate surface area is 91.9 Å². The summed E-state index contributed by atoms with van der Waals surface area (Å²) in [6.45, 7) is 4.43. The molecule has 0 saturated carbocycles. The molecule has 0 aliphatic heterocycles. The smallest absolute Gasteiger partial charge is 0.0290 e. The van der Waals surface area contributed by atoms with Gasteiger partial charge >= 0.3 is 0 Å². The predicted molar refractivity (Wildman–Crippen MR) is 64.8 cm³/mol. The van der Waals surface area contributed by atoms with E-state index in [9.17, 15) is 0 Å². The molecule has 0 fully saturated rings. The highest BCUT2D eigenvalue weighted by molar-refractivity contribution is 5.25. The number of rotatable bonds is 6. The van der Waals surface area contributed by atoms with Gasteiger partial charge in [0.2, 0.25) is 0 Å². The van der Waals surface area contributed by atoms with Crippen LogP contribution in [0.15, 0.2) is 24.3 Å². The fraction of sp³-hybridized carbons (Fsp3) is 0.500. The van der Waals surface area contributed by atoms with Crippen molar-refractivity contribution in [2.24, 2.45) is 11.5 Å². The fourth-order valence-corrected chi connectivity index (χ4v) is 1.48. The molecule has 3 heteroatoms. The molecule has 5 N–H and O–H groups in total. The molecule has 0 bridgehead atoms. The summed E-state index contributed by atoms with van der Waals surface area (Å²) in [7, 11) is 0. The van der Waals surface area contributed by atoms with Gasteiger partial charge in [0.15, 0.2) is 0 Å². The largest absolute Gasteiger partial charge is 0.329 e. The Morgan fingerprint density at radius 3 is 2.73 bits per heavy atom. The number of nitrogens with one attached hydrogen (secondary N) is 1. The average molecular weight is 207 g/mol. The zero-order valence-electron chi connectivity index (χ0n) is 9.37. The molecule has 0 aromatic heterocycles. The van der Waals surface area contributed by atoms with Crippen LogP contribution >= 0.6 is 0 Å². The summed E-state index contributed by atoms with van der Waals surface area (Å²) in [4.78, 5) is 0. The Balaban J connectivity index is 2.23. The lowest BCUT2D eigenvalue weighted by molar-refractivity contribution is 0.583. The van der Waals surface area contributed by atoms with Crippen molar-refractivity contribution in [3.8, 4) is 0 Å². The van der Waals surface area contributed by atoms with Crippen LogP contribution < -0.4 is 16.8 Å². The van der Waals surface area contributed by atoms with E-state index in [0.717, 1.165) is 19.5 Å². The van der Waals surface area contributed by atoms with Crippen LogP contribution in [0.2, 0.25) is 0 Å². The van der Waals surface area contributed by atoms with Gasteiger partial charge in [0, 0.05) is 19.1 Å². The molecule has 1 atom stereocenters. The lowest BCUT2D eigenvalue weighted by Gasteiger charge is -2.10. The van der Waals surface area contributed by atoms with Gasteiger partial charge in [-0.25, -0.2) is 0 Å². The van der Waals surface area contributed by atoms with E-state index in [1.54, 1.807) is 0 Å². The minimum atomic E-state index is 0.0712. The topological polar surface area (TPSA) is 64.1 Å². The highest BCUT2D eigenvalue weighted by Gasteiger charge is 1.99. The number of aryl methyl sites for hydroxylation is 1. The summed E-state index contributed by atoms with van der Waals surface area (Å²) in [6, 6.07) is 8.52. The second-order valence-electron chi connectivity index (χ2n) is 3.88. The van der Waals surface area contributed by atoms with E-state index >= 15 is 0 Å². The standard InChI is InChI=1S/C12H21N3/c1-10-4-2-3-5-11(10)6-7-15-9-12(14)8-13/h2-5,12,15H,6-9,13-14H2,1H3. The van der Waals surface area contributed by atoms with Gasteiger partial charge in [-0.2, -0.15) is 0 Å². The summed E-state index contributed by atoms with van der Waals surface area (Å²) in [6.07, 6.45) is 1.05. The molecule has 0 spiro atoms. The molecule has 1 aromatic rings. The molecular weight excluding hydrogens is 186 g/mol. The van der Waals surface area contributed by atoms with Crippen LogP contribution in [-0.2, 0) is 6.42 Å². The zero-order valence-corrected chi connectivity index (χ0v) is 9.37. The maximum absolute atomic E-state index is 5.69. The quantitative estimate of drug-likeness (QED) is 0.592. The highest BCUT2D eigenvalue weighted by Crippen LogP contribution is 2.06. The number of benzene rings is 1. The summed E-state index contributed by atoms with van der Waals surface area (Å²) < 4.78 is 0.